The lowest BCUT2D eigenvalue weighted by Crippen LogP contribution is -2.38. The Balaban J connectivity index is 1.85. The van der Waals surface area contributed by atoms with Gasteiger partial charge in [0.15, 0.2) is 0 Å². The van der Waals surface area contributed by atoms with Gasteiger partial charge >= 0.3 is 0 Å². The molecule has 0 spiro atoms. The molecule has 1 aromatic rings. The lowest BCUT2D eigenvalue weighted by Gasteiger charge is -2.33. The molecule has 1 saturated heterocycles. The summed E-state index contributed by atoms with van der Waals surface area (Å²) in [5, 5.41) is 12.4. The fourth-order valence-corrected chi connectivity index (χ4v) is 2.65. The minimum absolute atomic E-state index is 0.0566. The summed E-state index contributed by atoms with van der Waals surface area (Å²) in [5.41, 5.74) is 2.17. The second-order valence-electron chi connectivity index (χ2n) is 5.64. The van der Waals surface area contributed by atoms with Gasteiger partial charge in [-0.1, -0.05) is 12.1 Å². The normalized spacial score (nSPS) is 17.9. The summed E-state index contributed by atoms with van der Waals surface area (Å²) in [6.45, 7) is 6.20. The van der Waals surface area contributed by atoms with Crippen molar-refractivity contribution in [3.8, 4) is 0 Å². The second kappa shape index (κ2) is 6.75. The maximum Gasteiger partial charge on any atom is 0.216 e. The van der Waals surface area contributed by atoms with Gasteiger partial charge in [0.1, 0.15) is 0 Å². The molecule has 1 atom stereocenters. The molecule has 1 aliphatic rings. The van der Waals surface area contributed by atoms with Gasteiger partial charge in [0, 0.05) is 32.2 Å². The van der Waals surface area contributed by atoms with E-state index in [9.17, 15) is 9.90 Å². The van der Waals surface area contributed by atoms with E-state index in [0.29, 0.717) is 5.92 Å². The lowest BCUT2D eigenvalue weighted by molar-refractivity contribution is -0.119. The van der Waals surface area contributed by atoms with Crippen molar-refractivity contribution < 1.29 is 9.90 Å². The molecule has 0 radical (unpaired) electrons. The van der Waals surface area contributed by atoms with Gasteiger partial charge < -0.3 is 15.3 Å². The number of piperidine rings is 1. The Morgan fingerprint density at radius 3 is 2.45 bits per heavy atom. The van der Waals surface area contributed by atoms with Crippen LogP contribution in [0, 0.1) is 5.92 Å². The van der Waals surface area contributed by atoms with Crippen molar-refractivity contribution in [1.82, 2.24) is 5.32 Å². The van der Waals surface area contributed by atoms with Gasteiger partial charge in [0.2, 0.25) is 5.91 Å². The van der Waals surface area contributed by atoms with E-state index in [2.05, 4.69) is 22.3 Å². The summed E-state index contributed by atoms with van der Waals surface area (Å²) in [7, 11) is 0. The molecular weight excluding hydrogens is 252 g/mol. The molecule has 0 unspecified atom stereocenters. The number of amides is 1. The first-order chi connectivity index (χ1) is 9.56. The molecule has 1 amide bonds. The number of carbonyl (C=O) groups is 1. The molecule has 1 aromatic carbocycles. The van der Waals surface area contributed by atoms with Gasteiger partial charge in [-0.3, -0.25) is 4.79 Å². The maximum atomic E-state index is 10.9. The molecule has 1 aliphatic heterocycles. The average Bonchev–Trinajstić information content (AvgIpc) is 2.46. The number of hydrogen-bond donors (Lipinski definition) is 2. The summed E-state index contributed by atoms with van der Waals surface area (Å²) in [4.78, 5) is 13.3. The van der Waals surface area contributed by atoms with Crippen molar-refractivity contribution in [2.24, 2.45) is 5.92 Å². The van der Waals surface area contributed by atoms with Gasteiger partial charge in [-0.2, -0.15) is 0 Å². The topological polar surface area (TPSA) is 52.6 Å². The molecule has 0 bridgehead atoms. The Morgan fingerprint density at radius 2 is 1.95 bits per heavy atom. The maximum absolute atomic E-state index is 10.9. The van der Waals surface area contributed by atoms with Crippen LogP contribution in [0.1, 0.15) is 38.4 Å². The molecule has 4 heteroatoms. The second-order valence-corrected chi connectivity index (χ2v) is 5.64. The highest BCUT2D eigenvalue weighted by Crippen LogP contribution is 2.24. The van der Waals surface area contributed by atoms with Crippen LogP contribution in [0.3, 0.4) is 0 Å². The predicted octanol–water partition coefficient (Wildman–Crippen LogP) is 2.09. The van der Waals surface area contributed by atoms with E-state index in [1.165, 1.54) is 5.69 Å². The SMILES string of the molecule is CC(=O)NCC1CCN(c2ccc([C@H](C)O)cc2)CC1. The summed E-state index contributed by atoms with van der Waals surface area (Å²) >= 11 is 0. The fraction of sp³-hybridized carbons (Fsp3) is 0.562. The summed E-state index contributed by atoms with van der Waals surface area (Å²) in [6.07, 6.45) is 1.81. The van der Waals surface area contributed by atoms with Crippen molar-refractivity contribution in [2.45, 2.75) is 32.8 Å². The van der Waals surface area contributed by atoms with Crippen LogP contribution >= 0.6 is 0 Å². The van der Waals surface area contributed by atoms with E-state index in [1.54, 1.807) is 13.8 Å². The van der Waals surface area contributed by atoms with E-state index < -0.39 is 6.10 Å². The molecule has 0 aliphatic carbocycles. The number of hydrogen-bond acceptors (Lipinski definition) is 3. The van der Waals surface area contributed by atoms with E-state index >= 15 is 0 Å². The Kier molecular flexibility index (Phi) is 5.01. The zero-order valence-corrected chi connectivity index (χ0v) is 12.3. The van der Waals surface area contributed by atoms with Crippen LogP contribution in [-0.2, 0) is 4.79 Å². The third kappa shape index (κ3) is 3.97. The highest BCUT2D eigenvalue weighted by molar-refractivity contribution is 5.72. The standard InChI is InChI=1S/C16H24N2O2/c1-12(19)15-3-5-16(6-4-15)18-9-7-14(8-10-18)11-17-13(2)20/h3-6,12,14,19H,7-11H2,1-2H3,(H,17,20)/t12-/m0/s1. The van der Waals surface area contributed by atoms with Gasteiger partial charge in [-0.25, -0.2) is 0 Å². The van der Waals surface area contributed by atoms with Gasteiger partial charge in [0.05, 0.1) is 6.10 Å². The minimum Gasteiger partial charge on any atom is -0.389 e. The monoisotopic (exact) mass is 276 g/mol. The average molecular weight is 276 g/mol. The molecular formula is C16H24N2O2. The zero-order valence-electron chi connectivity index (χ0n) is 12.3. The van der Waals surface area contributed by atoms with Crippen LogP contribution in [0.25, 0.3) is 0 Å². The van der Waals surface area contributed by atoms with E-state index in [0.717, 1.165) is 38.0 Å². The van der Waals surface area contributed by atoms with Crippen molar-refractivity contribution in [2.75, 3.05) is 24.5 Å². The molecule has 110 valence electrons. The van der Waals surface area contributed by atoms with E-state index in [4.69, 9.17) is 0 Å². The van der Waals surface area contributed by atoms with Gasteiger partial charge in [0.25, 0.3) is 0 Å². The van der Waals surface area contributed by atoms with Gasteiger partial charge in [-0.15, -0.1) is 0 Å². The number of carbonyl (C=O) groups excluding carboxylic acids is 1. The van der Waals surface area contributed by atoms with Crippen molar-refractivity contribution in [1.29, 1.82) is 0 Å². The van der Waals surface area contributed by atoms with Crippen LogP contribution in [0.4, 0.5) is 5.69 Å². The van der Waals surface area contributed by atoms with Crippen LogP contribution in [-0.4, -0.2) is 30.6 Å². The molecule has 4 nitrogen and oxygen atoms in total. The third-order valence-electron chi connectivity index (χ3n) is 3.99. The summed E-state index contributed by atoms with van der Waals surface area (Å²) in [6, 6.07) is 8.14. The fourth-order valence-electron chi connectivity index (χ4n) is 2.65. The molecule has 0 saturated carbocycles. The molecule has 1 heterocycles. The van der Waals surface area contributed by atoms with Crippen LogP contribution in [0.15, 0.2) is 24.3 Å². The molecule has 1 fully saturated rings. The first-order valence-electron chi connectivity index (χ1n) is 7.33. The number of nitrogens with one attached hydrogen (secondary N) is 1. The zero-order chi connectivity index (χ0) is 14.5. The number of aliphatic hydroxyl groups is 1. The first-order valence-corrected chi connectivity index (χ1v) is 7.33. The van der Waals surface area contributed by atoms with Crippen LogP contribution in [0.5, 0.6) is 0 Å². The van der Waals surface area contributed by atoms with Crippen LogP contribution < -0.4 is 10.2 Å². The number of benzene rings is 1. The largest absolute Gasteiger partial charge is 0.389 e. The Morgan fingerprint density at radius 1 is 1.35 bits per heavy atom. The Hall–Kier alpha value is -1.55. The third-order valence-corrected chi connectivity index (χ3v) is 3.99. The first kappa shape index (κ1) is 14.9. The van der Waals surface area contributed by atoms with E-state index in [-0.39, 0.29) is 5.91 Å². The van der Waals surface area contributed by atoms with Crippen molar-refractivity contribution >= 4 is 11.6 Å². The number of aliphatic hydroxyl groups excluding tert-OH is 1. The van der Waals surface area contributed by atoms with Crippen molar-refractivity contribution in [3.05, 3.63) is 29.8 Å². The minimum atomic E-state index is -0.410. The number of rotatable bonds is 4. The van der Waals surface area contributed by atoms with E-state index in [1.807, 2.05) is 12.1 Å². The summed E-state index contributed by atoms with van der Waals surface area (Å²) in [5.74, 6) is 0.646. The Labute approximate surface area is 120 Å². The molecule has 20 heavy (non-hydrogen) atoms. The van der Waals surface area contributed by atoms with Crippen molar-refractivity contribution in [3.63, 3.8) is 0 Å². The highest BCUT2D eigenvalue weighted by atomic mass is 16.3. The Bertz CT molecular complexity index is 434. The molecule has 2 N–H and O–H groups in total. The smallest absolute Gasteiger partial charge is 0.216 e. The molecule has 2 rings (SSSR count). The quantitative estimate of drug-likeness (QED) is 0.885. The van der Waals surface area contributed by atoms with Crippen LogP contribution in [0.2, 0.25) is 0 Å². The number of anilines is 1. The number of nitrogens with zero attached hydrogens (tertiary/aromatic N) is 1. The molecule has 0 aromatic heterocycles. The highest BCUT2D eigenvalue weighted by Gasteiger charge is 2.19. The van der Waals surface area contributed by atoms with Gasteiger partial charge in [-0.05, 0) is 43.4 Å². The lowest BCUT2D eigenvalue weighted by atomic mass is 9.96. The summed E-state index contributed by atoms with van der Waals surface area (Å²) < 4.78 is 0. The predicted molar refractivity (Wildman–Crippen MR) is 80.7 cm³/mol.